The average molecular weight is 191 g/mol. The SMILES string of the molecule is NCCCSCCCCC(=O)O. The second kappa shape index (κ2) is 8.87. The minimum Gasteiger partial charge on any atom is -0.481 e. The van der Waals surface area contributed by atoms with Crippen molar-refractivity contribution in [3.63, 3.8) is 0 Å². The molecule has 0 spiro atoms. The zero-order valence-electron chi connectivity index (χ0n) is 7.29. The molecule has 0 amide bonds. The second-order valence-corrected chi connectivity index (χ2v) is 3.83. The topological polar surface area (TPSA) is 63.3 Å². The molecule has 0 unspecified atom stereocenters. The van der Waals surface area contributed by atoms with Gasteiger partial charge in [0.1, 0.15) is 0 Å². The Balaban J connectivity index is 2.86. The van der Waals surface area contributed by atoms with Gasteiger partial charge in [-0.15, -0.1) is 0 Å². The van der Waals surface area contributed by atoms with Crippen molar-refractivity contribution < 1.29 is 9.90 Å². The highest BCUT2D eigenvalue weighted by atomic mass is 32.2. The number of hydrogen-bond donors (Lipinski definition) is 2. The molecule has 0 aromatic rings. The first-order chi connectivity index (χ1) is 5.77. The van der Waals surface area contributed by atoms with Crippen molar-refractivity contribution in [3.05, 3.63) is 0 Å². The van der Waals surface area contributed by atoms with Crippen LogP contribution in [0.25, 0.3) is 0 Å². The number of carboxylic acids is 1. The fourth-order valence-corrected chi connectivity index (χ4v) is 1.75. The van der Waals surface area contributed by atoms with Crippen LogP contribution in [0.4, 0.5) is 0 Å². The maximum absolute atomic E-state index is 10.1. The third kappa shape index (κ3) is 9.78. The van der Waals surface area contributed by atoms with Crippen LogP contribution < -0.4 is 5.73 Å². The van der Waals surface area contributed by atoms with Gasteiger partial charge in [-0.05, 0) is 37.3 Å². The standard InChI is InChI=1S/C8H17NO2S/c9-5-3-7-12-6-2-1-4-8(10)11/h1-7,9H2,(H,10,11). The number of aliphatic carboxylic acids is 1. The summed E-state index contributed by atoms with van der Waals surface area (Å²) in [5, 5.41) is 8.33. The van der Waals surface area contributed by atoms with Gasteiger partial charge in [-0.3, -0.25) is 4.79 Å². The number of thioether (sulfide) groups is 1. The first-order valence-corrected chi connectivity index (χ1v) is 5.42. The summed E-state index contributed by atoms with van der Waals surface area (Å²) < 4.78 is 0. The summed E-state index contributed by atoms with van der Waals surface area (Å²) in [6.07, 6.45) is 3.16. The highest BCUT2D eigenvalue weighted by Gasteiger charge is 1.95. The van der Waals surface area contributed by atoms with Crippen LogP contribution in [0.1, 0.15) is 25.7 Å². The van der Waals surface area contributed by atoms with E-state index in [0.717, 1.165) is 37.3 Å². The van der Waals surface area contributed by atoms with Gasteiger partial charge in [-0.2, -0.15) is 11.8 Å². The molecule has 0 aliphatic rings. The number of nitrogens with two attached hydrogens (primary N) is 1. The van der Waals surface area contributed by atoms with Crippen LogP contribution in [0.5, 0.6) is 0 Å². The third-order valence-corrected chi connectivity index (χ3v) is 2.58. The van der Waals surface area contributed by atoms with E-state index in [0.29, 0.717) is 6.42 Å². The lowest BCUT2D eigenvalue weighted by atomic mass is 10.3. The molecule has 0 bridgehead atoms. The van der Waals surface area contributed by atoms with E-state index in [1.807, 2.05) is 11.8 Å². The van der Waals surface area contributed by atoms with Crippen molar-refractivity contribution in [1.82, 2.24) is 0 Å². The van der Waals surface area contributed by atoms with Crippen molar-refractivity contribution in [1.29, 1.82) is 0 Å². The van der Waals surface area contributed by atoms with E-state index in [2.05, 4.69) is 0 Å². The van der Waals surface area contributed by atoms with E-state index in [1.165, 1.54) is 0 Å². The molecular formula is C8H17NO2S. The van der Waals surface area contributed by atoms with Gasteiger partial charge in [0.05, 0.1) is 0 Å². The molecule has 3 N–H and O–H groups in total. The Hall–Kier alpha value is -0.220. The van der Waals surface area contributed by atoms with E-state index >= 15 is 0 Å². The summed E-state index contributed by atoms with van der Waals surface area (Å²) in [6.45, 7) is 0.752. The Morgan fingerprint density at radius 1 is 1.25 bits per heavy atom. The van der Waals surface area contributed by atoms with Crippen LogP contribution >= 0.6 is 11.8 Å². The first-order valence-electron chi connectivity index (χ1n) is 4.27. The van der Waals surface area contributed by atoms with Crippen molar-refractivity contribution in [2.24, 2.45) is 5.73 Å². The Kier molecular flexibility index (Phi) is 8.71. The van der Waals surface area contributed by atoms with Gasteiger partial charge in [0.25, 0.3) is 0 Å². The zero-order chi connectivity index (χ0) is 9.23. The maximum Gasteiger partial charge on any atom is 0.303 e. The molecule has 0 aliphatic carbocycles. The summed E-state index contributed by atoms with van der Waals surface area (Å²) in [5.41, 5.74) is 5.32. The van der Waals surface area contributed by atoms with E-state index in [-0.39, 0.29) is 0 Å². The van der Waals surface area contributed by atoms with Crippen LogP contribution in [0.2, 0.25) is 0 Å². The number of carbonyl (C=O) groups is 1. The van der Waals surface area contributed by atoms with Gasteiger partial charge in [0.15, 0.2) is 0 Å². The molecule has 0 rings (SSSR count). The fourth-order valence-electron chi connectivity index (χ4n) is 0.768. The molecule has 0 fully saturated rings. The highest BCUT2D eigenvalue weighted by molar-refractivity contribution is 7.99. The number of unbranched alkanes of at least 4 members (excludes halogenated alkanes) is 1. The molecule has 0 heterocycles. The number of rotatable bonds is 8. The molecule has 0 atom stereocenters. The maximum atomic E-state index is 10.1. The van der Waals surface area contributed by atoms with E-state index in [4.69, 9.17) is 10.8 Å². The lowest BCUT2D eigenvalue weighted by Gasteiger charge is -1.98. The quantitative estimate of drug-likeness (QED) is 0.568. The predicted molar refractivity (Wildman–Crippen MR) is 52.5 cm³/mol. The Bertz CT molecular complexity index is 120. The van der Waals surface area contributed by atoms with Gasteiger partial charge >= 0.3 is 5.97 Å². The van der Waals surface area contributed by atoms with Crippen LogP contribution in [0.3, 0.4) is 0 Å². The molecule has 0 aliphatic heterocycles. The molecule has 0 saturated heterocycles. The van der Waals surface area contributed by atoms with Crippen LogP contribution in [0.15, 0.2) is 0 Å². The summed E-state index contributed by atoms with van der Waals surface area (Å²) in [6, 6.07) is 0. The largest absolute Gasteiger partial charge is 0.481 e. The Morgan fingerprint density at radius 2 is 1.92 bits per heavy atom. The van der Waals surface area contributed by atoms with Crippen LogP contribution in [-0.2, 0) is 4.79 Å². The smallest absolute Gasteiger partial charge is 0.303 e. The monoisotopic (exact) mass is 191 g/mol. The molecule has 0 saturated carbocycles. The fraction of sp³-hybridized carbons (Fsp3) is 0.875. The zero-order valence-corrected chi connectivity index (χ0v) is 8.11. The normalized spacial score (nSPS) is 10.1. The van der Waals surface area contributed by atoms with Gasteiger partial charge in [0.2, 0.25) is 0 Å². The number of carboxylic acid groups (broad SMARTS) is 1. The molecular weight excluding hydrogens is 174 g/mol. The second-order valence-electron chi connectivity index (χ2n) is 2.61. The average Bonchev–Trinajstić information content (AvgIpc) is 2.02. The minimum absolute atomic E-state index is 0.303. The molecule has 12 heavy (non-hydrogen) atoms. The minimum atomic E-state index is -0.693. The summed E-state index contributed by atoms with van der Waals surface area (Å²) >= 11 is 1.86. The van der Waals surface area contributed by atoms with Gasteiger partial charge in [0, 0.05) is 6.42 Å². The molecule has 72 valence electrons. The Morgan fingerprint density at radius 3 is 2.50 bits per heavy atom. The summed E-state index contributed by atoms with van der Waals surface area (Å²) in [4.78, 5) is 10.1. The Labute approximate surface area is 77.7 Å². The predicted octanol–water partition coefficient (Wildman–Crippen LogP) is 1.32. The summed E-state index contributed by atoms with van der Waals surface area (Å²) in [7, 11) is 0. The molecule has 4 heteroatoms. The lowest BCUT2D eigenvalue weighted by molar-refractivity contribution is -0.137. The molecule has 0 aromatic carbocycles. The van der Waals surface area contributed by atoms with Crippen LogP contribution in [0, 0.1) is 0 Å². The third-order valence-electron chi connectivity index (χ3n) is 1.42. The molecule has 0 aromatic heterocycles. The van der Waals surface area contributed by atoms with Gasteiger partial charge in [-0.1, -0.05) is 0 Å². The number of hydrogen-bond acceptors (Lipinski definition) is 3. The van der Waals surface area contributed by atoms with E-state index < -0.39 is 5.97 Å². The summed E-state index contributed by atoms with van der Waals surface area (Å²) in [5.74, 6) is 1.47. The van der Waals surface area contributed by atoms with Crippen molar-refractivity contribution >= 4 is 17.7 Å². The van der Waals surface area contributed by atoms with Crippen molar-refractivity contribution in [2.45, 2.75) is 25.7 Å². The first kappa shape index (κ1) is 11.8. The molecule has 0 radical (unpaired) electrons. The van der Waals surface area contributed by atoms with E-state index in [1.54, 1.807) is 0 Å². The molecule has 3 nitrogen and oxygen atoms in total. The van der Waals surface area contributed by atoms with E-state index in [9.17, 15) is 4.79 Å². The lowest BCUT2D eigenvalue weighted by Crippen LogP contribution is -2.00. The van der Waals surface area contributed by atoms with Gasteiger partial charge in [-0.25, -0.2) is 0 Å². The van der Waals surface area contributed by atoms with Gasteiger partial charge < -0.3 is 10.8 Å². The highest BCUT2D eigenvalue weighted by Crippen LogP contribution is 2.06. The van der Waals surface area contributed by atoms with Crippen LogP contribution in [-0.4, -0.2) is 29.1 Å². The van der Waals surface area contributed by atoms with Crippen molar-refractivity contribution in [3.8, 4) is 0 Å². The van der Waals surface area contributed by atoms with Crippen molar-refractivity contribution in [2.75, 3.05) is 18.1 Å².